The minimum atomic E-state index is 0.320. The molecule has 1 heteroatoms. The molecule has 0 aliphatic carbocycles. The van der Waals surface area contributed by atoms with E-state index in [1.807, 2.05) is 13.0 Å². The van der Waals surface area contributed by atoms with Crippen molar-refractivity contribution in [2.75, 3.05) is 0 Å². The Balaban J connectivity index is 3.79. The third-order valence-corrected chi connectivity index (χ3v) is 2.65. The van der Waals surface area contributed by atoms with E-state index >= 15 is 0 Å². The summed E-state index contributed by atoms with van der Waals surface area (Å²) < 4.78 is 0. The van der Waals surface area contributed by atoms with Crippen LogP contribution in [0.15, 0.2) is 12.2 Å². The first-order chi connectivity index (χ1) is 6.76. The van der Waals surface area contributed by atoms with Crippen LogP contribution in [-0.2, 0) is 4.79 Å². The van der Waals surface area contributed by atoms with Gasteiger partial charge < -0.3 is 0 Å². The number of carbonyl (C=O) groups excluding carboxylic acids is 1. The average Bonchev–Trinajstić information content (AvgIpc) is 2.19. The fourth-order valence-corrected chi connectivity index (χ4v) is 1.64. The summed E-state index contributed by atoms with van der Waals surface area (Å²) in [6.07, 6.45) is 10.2. The molecule has 0 saturated heterocycles. The fraction of sp³-hybridized carbons (Fsp3) is 0.769. The van der Waals surface area contributed by atoms with Crippen molar-refractivity contribution >= 4 is 5.78 Å². The van der Waals surface area contributed by atoms with Gasteiger partial charge in [0.2, 0.25) is 0 Å². The topological polar surface area (TPSA) is 17.1 Å². The van der Waals surface area contributed by atoms with E-state index in [1.54, 1.807) is 0 Å². The van der Waals surface area contributed by atoms with Crippen molar-refractivity contribution in [3.05, 3.63) is 12.2 Å². The average molecular weight is 196 g/mol. The highest BCUT2D eigenvalue weighted by atomic mass is 16.1. The summed E-state index contributed by atoms with van der Waals surface area (Å²) in [7, 11) is 0. The summed E-state index contributed by atoms with van der Waals surface area (Å²) in [5.74, 6) is 0.777. The molecule has 0 aliphatic heterocycles. The highest BCUT2D eigenvalue weighted by Crippen LogP contribution is 2.16. The van der Waals surface area contributed by atoms with E-state index in [0.717, 1.165) is 25.7 Å². The maximum absolute atomic E-state index is 11.7. The first-order valence-corrected chi connectivity index (χ1v) is 5.90. The van der Waals surface area contributed by atoms with Crippen molar-refractivity contribution in [2.45, 2.75) is 59.3 Å². The van der Waals surface area contributed by atoms with Gasteiger partial charge in [-0.25, -0.2) is 0 Å². The Labute approximate surface area is 88.6 Å². The highest BCUT2D eigenvalue weighted by molar-refractivity contribution is 5.81. The minimum Gasteiger partial charge on any atom is -0.299 e. The largest absolute Gasteiger partial charge is 0.299 e. The summed E-state index contributed by atoms with van der Waals surface area (Å²) in [6.45, 7) is 6.30. The number of carbonyl (C=O) groups is 1. The molecule has 0 N–H and O–H groups in total. The lowest BCUT2D eigenvalue weighted by Gasteiger charge is -2.12. The summed E-state index contributed by atoms with van der Waals surface area (Å²) in [5.41, 5.74) is 0. The van der Waals surface area contributed by atoms with Gasteiger partial charge in [0.15, 0.2) is 0 Å². The molecule has 0 aromatic carbocycles. The number of rotatable bonds is 8. The van der Waals surface area contributed by atoms with Gasteiger partial charge >= 0.3 is 0 Å². The second kappa shape index (κ2) is 8.98. The Hall–Kier alpha value is -0.590. The molecule has 0 fully saturated rings. The van der Waals surface area contributed by atoms with E-state index in [-0.39, 0.29) is 0 Å². The van der Waals surface area contributed by atoms with Crippen LogP contribution in [0.2, 0.25) is 0 Å². The summed E-state index contributed by atoms with van der Waals surface area (Å²) in [6, 6.07) is 0. The van der Waals surface area contributed by atoms with Crippen molar-refractivity contribution in [1.82, 2.24) is 0 Å². The third-order valence-electron chi connectivity index (χ3n) is 2.65. The molecule has 0 aromatic heterocycles. The Bertz CT molecular complexity index is 170. The first kappa shape index (κ1) is 13.4. The first-order valence-electron chi connectivity index (χ1n) is 5.90. The van der Waals surface area contributed by atoms with E-state index in [9.17, 15) is 4.79 Å². The standard InChI is InChI=1S/C13H24O/c1-4-7-9-11-13(14)12(6-3)10-8-5-2/h4,7,12H,5-6,8-11H2,1-3H3/b7-4+. The third kappa shape index (κ3) is 5.95. The van der Waals surface area contributed by atoms with Gasteiger partial charge in [-0.1, -0.05) is 38.8 Å². The number of Topliss-reactive ketones (excluding diaryl/α,β-unsaturated/α-hetero) is 1. The van der Waals surface area contributed by atoms with Crippen molar-refractivity contribution in [3.63, 3.8) is 0 Å². The second-order valence-corrected chi connectivity index (χ2v) is 3.82. The van der Waals surface area contributed by atoms with Gasteiger partial charge in [-0.05, 0) is 26.2 Å². The van der Waals surface area contributed by atoms with Gasteiger partial charge in [-0.15, -0.1) is 0 Å². The van der Waals surface area contributed by atoms with Gasteiger partial charge in [0.1, 0.15) is 5.78 Å². The SMILES string of the molecule is C/C=C/CCC(=O)C(CC)CCCC. The van der Waals surface area contributed by atoms with E-state index < -0.39 is 0 Å². The van der Waals surface area contributed by atoms with Gasteiger partial charge in [0.05, 0.1) is 0 Å². The van der Waals surface area contributed by atoms with Crippen molar-refractivity contribution in [3.8, 4) is 0 Å². The van der Waals surface area contributed by atoms with Crippen LogP contribution < -0.4 is 0 Å². The van der Waals surface area contributed by atoms with E-state index in [1.165, 1.54) is 12.8 Å². The minimum absolute atomic E-state index is 0.320. The van der Waals surface area contributed by atoms with E-state index in [2.05, 4.69) is 19.9 Å². The molecule has 0 aliphatic rings. The molecule has 0 bridgehead atoms. The lowest BCUT2D eigenvalue weighted by Crippen LogP contribution is -2.13. The maximum Gasteiger partial charge on any atom is 0.136 e. The summed E-state index contributed by atoms with van der Waals surface area (Å²) in [5, 5.41) is 0. The van der Waals surface area contributed by atoms with Crippen molar-refractivity contribution in [1.29, 1.82) is 0 Å². The summed E-state index contributed by atoms with van der Waals surface area (Å²) in [4.78, 5) is 11.7. The van der Waals surface area contributed by atoms with Crippen LogP contribution in [0.5, 0.6) is 0 Å². The monoisotopic (exact) mass is 196 g/mol. The fourth-order valence-electron chi connectivity index (χ4n) is 1.64. The molecule has 0 spiro atoms. The lowest BCUT2D eigenvalue weighted by molar-refractivity contribution is -0.123. The normalized spacial score (nSPS) is 13.4. The Morgan fingerprint density at radius 2 is 2.07 bits per heavy atom. The van der Waals surface area contributed by atoms with Gasteiger partial charge in [0.25, 0.3) is 0 Å². The van der Waals surface area contributed by atoms with E-state index in [0.29, 0.717) is 11.7 Å². The molecule has 1 atom stereocenters. The molecule has 0 aromatic rings. The van der Waals surface area contributed by atoms with Crippen LogP contribution in [0.4, 0.5) is 0 Å². The van der Waals surface area contributed by atoms with Crippen LogP contribution in [0, 0.1) is 5.92 Å². The summed E-state index contributed by atoms with van der Waals surface area (Å²) >= 11 is 0. The predicted molar refractivity (Wildman–Crippen MR) is 62.4 cm³/mol. The Morgan fingerprint density at radius 3 is 2.57 bits per heavy atom. The zero-order chi connectivity index (χ0) is 10.8. The molecular formula is C13H24O. The molecule has 0 amide bonds. The maximum atomic E-state index is 11.7. The Morgan fingerprint density at radius 1 is 1.36 bits per heavy atom. The van der Waals surface area contributed by atoms with Gasteiger partial charge in [0, 0.05) is 12.3 Å². The number of allylic oxidation sites excluding steroid dienone is 2. The van der Waals surface area contributed by atoms with Gasteiger partial charge in [-0.2, -0.15) is 0 Å². The van der Waals surface area contributed by atoms with Crippen molar-refractivity contribution in [2.24, 2.45) is 5.92 Å². The van der Waals surface area contributed by atoms with Crippen LogP contribution >= 0.6 is 0 Å². The molecule has 1 nitrogen and oxygen atoms in total. The zero-order valence-electron chi connectivity index (χ0n) is 9.88. The highest BCUT2D eigenvalue weighted by Gasteiger charge is 2.14. The van der Waals surface area contributed by atoms with Crippen LogP contribution in [0.1, 0.15) is 59.3 Å². The number of hydrogen-bond acceptors (Lipinski definition) is 1. The number of hydrogen-bond donors (Lipinski definition) is 0. The van der Waals surface area contributed by atoms with E-state index in [4.69, 9.17) is 0 Å². The molecule has 0 radical (unpaired) electrons. The van der Waals surface area contributed by atoms with Crippen LogP contribution in [-0.4, -0.2) is 5.78 Å². The smallest absolute Gasteiger partial charge is 0.136 e. The number of unbranched alkanes of at least 4 members (excludes halogenated alkanes) is 1. The molecule has 0 heterocycles. The van der Waals surface area contributed by atoms with Crippen LogP contribution in [0.3, 0.4) is 0 Å². The molecule has 82 valence electrons. The predicted octanol–water partition coefficient (Wildman–Crippen LogP) is 4.13. The molecule has 14 heavy (non-hydrogen) atoms. The number of ketones is 1. The Kier molecular flexibility index (Phi) is 8.61. The quantitative estimate of drug-likeness (QED) is 0.533. The molecule has 0 saturated carbocycles. The second-order valence-electron chi connectivity index (χ2n) is 3.82. The zero-order valence-corrected chi connectivity index (χ0v) is 9.88. The van der Waals surface area contributed by atoms with Gasteiger partial charge in [-0.3, -0.25) is 4.79 Å². The van der Waals surface area contributed by atoms with Crippen molar-refractivity contribution < 1.29 is 4.79 Å². The molecule has 1 unspecified atom stereocenters. The molecule has 0 rings (SSSR count). The lowest BCUT2D eigenvalue weighted by atomic mass is 9.92. The molecular weight excluding hydrogens is 172 g/mol. The van der Waals surface area contributed by atoms with Crippen LogP contribution in [0.25, 0.3) is 0 Å².